The Bertz CT molecular complexity index is 304. The number of benzene rings is 1. The van der Waals surface area contributed by atoms with E-state index in [1.165, 1.54) is 13.2 Å². The van der Waals surface area contributed by atoms with E-state index in [0.29, 0.717) is 5.56 Å². The Morgan fingerprint density at radius 1 is 1.23 bits per heavy atom. The van der Waals surface area contributed by atoms with Crippen molar-refractivity contribution in [3.8, 4) is 5.75 Å². The molecule has 0 fully saturated rings. The molecule has 1 nitrogen and oxygen atoms in total. The highest BCUT2D eigenvalue weighted by molar-refractivity contribution is 5.42. The Balaban J connectivity index is 3.29. The first kappa shape index (κ1) is 9.89. The lowest BCUT2D eigenvalue weighted by Crippen LogP contribution is -2.08. The zero-order chi connectivity index (χ0) is 10.1. The van der Waals surface area contributed by atoms with Crippen molar-refractivity contribution >= 4 is 0 Å². The molecule has 1 aromatic rings. The van der Waals surface area contributed by atoms with Gasteiger partial charge in [0.2, 0.25) is 0 Å². The molecule has 0 bridgehead atoms. The maximum atomic E-state index is 12.3. The Hall–Kier alpha value is -1.19. The second-order valence-corrected chi connectivity index (χ2v) is 2.65. The molecule has 0 aliphatic rings. The molecule has 0 aromatic heterocycles. The van der Waals surface area contributed by atoms with Crippen LogP contribution in [0.4, 0.5) is 13.2 Å². The van der Waals surface area contributed by atoms with Crippen molar-refractivity contribution in [2.75, 3.05) is 7.11 Å². The van der Waals surface area contributed by atoms with Crippen LogP contribution in [0.3, 0.4) is 0 Å². The molecule has 4 heteroatoms. The number of hydrogen-bond acceptors (Lipinski definition) is 1. The Morgan fingerprint density at radius 3 is 2.23 bits per heavy atom. The summed E-state index contributed by atoms with van der Waals surface area (Å²) in [4.78, 5) is 0. The molecule has 1 aromatic carbocycles. The molecular formula is C9H9F3O. The number of ether oxygens (including phenoxy) is 1. The van der Waals surface area contributed by atoms with Crippen LogP contribution in [0, 0.1) is 6.92 Å². The summed E-state index contributed by atoms with van der Waals surface area (Å²) in [6.45, 7) is 1.58. The van der Waals surface area contributed by atoms with Crippen molar-refractivity contribution in [1.29, 1.82) is 0 Å². The van der Waals surface area contributed by atoms with Gasteiger partial charge in [-0.2, -0.15) is 13.2 Å². The average molecular weight is 190 g/mol. The van der Waals surface area contributed by atoms with E-state index in [9.17, 15) is 13.2 Å². The van der Waals surface area contributed by atoms with E-state index in [0.717, 1.165) is 6.07 Å². The number of methoxy groups -OCH3 is 1. The van der Waals surface area contributed by atoms with Crippen LogP contribution in [0.5, 0.6) is 5.75 Å². The first-order chi connectivity index (χ1) is 5.96. The predicted octanol–water partition coefficient (Wildman–Crippen LogP) is 3.02. The van der Waals surface area contributed by atoms with Crippen molar-refractivity contribution in [1.82, 2.24) is 0 Å². The maximum Gasteiger partial charge on any atom is 0.419 e. The highest BCUT2D eigenvalue weighted by atomic mass is 19.4. The first-order valence-corrected chi connectivity index (χ1v) is 3.67. The third-order valence-electron chi connectivity index (χ3n) is 1.72. The summed E-state index contributed by atoms with van der Waals surface area (Å²) < 4.78 is 41.7. The molecule has 0 aliphatic heterocycles. The van der Waals surface area contributed by atoms with Gasteiger partial charge < -0.3 is 4.74 Å². The zero-order valence-corrected chi connectivity index (χ0v) is 7.27. The Labute approximate surface area is 74.1 Å². The van der Waals surface area contributed by atoms with Crippen molar-refractivity contribution < 1.29 is 17.9 Å². The number of rotatable bonds is 1. The minimum Gasteiger partial charge on any atom is -0.496 e. The second-order valence-electron chi connectivity index (χ2n) is 2.65. The molecule has 0 spiro atoms. The molecule has 0 saturated carbocycles. The number of para-hydroxylation sites is 1. The van der Waals surface area contributed by atoms with E-state index in [4.69, 9.17) is 0 Å². The summed E-state index contributed by atoms with van der Waals surface area (Å²) in [6, 6.07) is 3.95. The summed E-state index contributed by atoms with van der Waals surface area (Å²) in [7, 11) is 1.23. The molecule has 0 heterocycles. The monoisotopic (exact) mass is 190 g/mol. The minimum atomic E-state index is -4.35. The van der Waals surface area contributed by atoms with Crippen LogP contribution in [-0.2, 0) is 6.18 Å². The van der Waals surface area contributed by atoms with Gasteiger partial charge in [-0.3, -0.25) is 0 Å². The molecule has 0 aliphatic carbocycles. The quantitative estimate of drug-likeness (QED) is 0.661. The van der Waals surface area contributed by atoms with E-state index < -0.39 is 11.7 Å². The van der Waals surface area contributed by atoms with Crippen LogP contribution < -0.4 is 4.74 Å². The Morgan fingerprint density at radius 2 is 1.85 bits per heavy atom. The molecule has 0 amide bonds. The molecule has 13 heavy (non-hydrogen) atoms. The number of hydrogen-bond donors (Lipinski definition) is 0. The fourth-order valence-electron chi connectivity index (χ4n) is 1.15. The van der Waals surface area contributed by atoms with Crippen molar-refractivity contribution in [2.45, 2.75) is 13.1 Å². The zero-order valence-electron chi connectivity index (χ0n) is 7.27. The third-order valence-corrected chi connectivity index (χ3v) is 1.72. The standard InChI is InChI=1S/C9H9F3O/c1-6-4-3-5-7(8(6)13-2)9(10,11)12/h3-5H,1-2H3. The lowest BCUT2D eigenvalue weighted by molar-refractivity contribution is -0.138. The van der Waals surface area contributed by atoms with Gasteiger partial charge in [-0.15, -0.1) is 0 Å². The molecule has 0 atom stereocenters. The summed E-state index contributed by atoms with van der Waals surface area (Å²) in [5, 5.41) is 0. The normalized spacial score (nSPS) is 11.5. The van der Waals surface area contributed by atoms with Gasteiger partial charge in [0.25, 0.3) is 0 Å². The van der Waals surface area contributed by atoms with E-state index in [1.807, 2.05) is 0 Å². The highest BCUT2D eigenvalue weighted by Crippen LogP contribution is 2.37. The molecule has 0 N–H and O–H groups in total. The smallest absolute Gasteiger partial charge is 0.419 e. The number of aryl methyl sites for hydroxylation is 1. The lowest BCUT2D eigenvalue weighted by atomic mass is 10.1. The first-order valence-electron chi connectivity index (χ1n) is 3.67. The predicted molar refractivity (Wildman–Crippen MR) is 42.7 cm³/mol. The van der Waals surface area contributed by atoms with Gasteiger partial charge in [0, 0.05) is 0 Å². The van der Waals surface area contributed by atoms with Gasteiger partial charge >= 0.3 is 6.18 Å². The van der Waals surface area contributed by atoms with Gasteiger partial charge in [-0.05, 0) is 18.6 Å². The lowest BCUT2D eigenvalue weighted by Gasteiger charge is -2.13. The van der Waals surface area contributed by atoms with E-state index in [2.05, 4.69) is 4.74 Å². The topological polar surface area (TPSA) is 9.23 Å². The number of alkyl halides is 3. The van der Waals surface area contributed by atoms with Gasteiger partial charge in [0.1, 0.15) is 5.75 Å². The van der Waals surface area contributed by atoms with E-state index in [1.54, 1.807) is 13.0 Å². The van der Waals surface area contributed by atoms with E-state index >= 15 is 0 Å². The van der Waals surface area contributed by atoms with Gasteiger partial charge in [0.05, 0.1) is 12.7 Å². The van der Waals surface area contributed by atoms with Gasteiger partial charge in [-0.25, -0.2) is 0 Å². The summed E-state index contributed by atoms with van der Waals surface area (Å²) in [5.74, 6) is -0.102. The summed E-state index contributed by atoms with van der Waals surface area (Å²) in [6.07, 6.45) is -4.35. The van der Waals surface area contributed by atoms with Crippen LogP contribution in [-0.4, -0.2) is 7.11 Å². The largest absolute Gasteiger partial charge is 0.496 e. The van der Waals surface area contributed by atoms with Crippen LogP contribution in [0.1, 0.15) is 11.1 Å². The summed E-state index contributed by atoms with van der Waals surface area (Å²) in [5.41, 5.74) is -0.243. The number of halogens is 3. The molecular weight excluding hydrogens is 181 g/mol. The van der Waals surface area contributed by atoms with E-state index in [-0.39, 0.29) is 5.75 Å². The maximum absolute atomic E-state index is 12.3. The Kier molecular flexibility index (Phi) is 2.50. The molecule has 1 rings (SSSR count). The van der Waals surface area contributed by atoms with Crippen LogP contribution >= 0.6 is 0 Å². The average Bonchev–Trinajstić information content (AvgIpc) is 2.02. The molecule has 0 unspecified atom stereocenters. The van der Waals surface area contributed by atoms with Gasteiger partial charge in [-0.1, -0.05) is 12.1 Å². The fraction of sp³-hybridized carbons (Fsp3) is 0.333. The SMILES string of the molecule is COc1c(C)cccc1C(F)(F)F. The minimum absolute atomic E-state index is 0.102. The fourth-order valence-corrected chi connectivity index (χ4v) is 1.15. The highest BCUT2D eigenvalue weighted by Gasteiger charge is 2.34. The van der Waals surface area contributed by atoms with Crippen molar-refractivity contribution in [3.63, 3.8) is 0 Å². The van der Waals surface area contributed by atoms with Crippen LogP contribution in [0.25, 0.3) is 0 Å². The van der Waals surface area contributed by atoms with Gasteiger partial charge in [0.15, 0.2) is 0 Å². The third kappa shape index (κ3) is 1.94. The van der Waals surface area contributed by atoms with Crippen molar-refractivity contribution in [3.05, 3.63) is 29.3 Å². The van der Waals surface area contributed by atoms with Crippen LogP contribution in [0.15, 0.2) is 18.2 Å². The summed E-state index contributed by atoms with van der Waals surface area (Å²) >= 11 is 0. The molecule has 0 saturated heterocycles. The molecule has 0 radical (unpaired) electrons. The second kappa shape index (κ2) is 3.28. The van der Waals surface area contributed by atoms with Crippen LogP contribution in [0.2, 0.25) is 0 Å². The van der Waals surface area contributed by atoms with Crippen molar-refractivity contribution in [2.24, 2.45) is 0 Å². The molecule has 72 valence electrons.